The molecule has 308 valence electrons. The predicted octanol–water partition coefficient (Wildman–Crippen LogP) is 4.44. The molecule has 0 radical (unpaired) electrons. The Hall–Kier alpha value is -5.30. The van der Waals surface area contributed by atoms with E-state index in [-0.39, 0.29) is 35.4 Å². The molecule has 8 rings (SSSR count). The number of hydrogen-bond acceptors (Lipinski definition) is 11. The van der Waals surface area contributed by atoms with Crippen LogP contribution in [0.5, 0.6) is 5.75 Å². The van der Waals surface area contributed by atoms with Crippen LogP contribution < -0.4 is 19.9 Å². The lowest BCUT2D eigenvalue weighted by molar-refractivity contribution is -0.413. The second kappa shape index (κ2) is 16.8. The number of nitrogens with one attached hydrogen (secondary N) is 1. The van der Waals surface area contributed by atoms with Gasteiger partial charge < -0.3 is 14.5 Å². The lowest BCUT2D eigenvalue weighted by atomic mass is 9.93. The standard InChI is InChI=1S/C43H46ClN7O7S/c1-47(30-3-9-33(10-4-30)58-34-8-2-29(26-45)38(44)25-34)59(56,57)35-11-5-31(6-12-35)50-22-20-48(21-23-50)27-28-16-18-49(19-17-28)32-7-13-36-37(24-32)43(55)51(42(36)54)39-14-15-40(52)46-41(39)53/h2,5-8,11-13,24-25,28,30,33,39H,1,3-4,9-10,14-23,27H2/p+1/t30-,33-,39?. The SMILES string of the molecule is C=[N+]([C@H]1CC[C@H](Oc2ccc(C#N)c(Cl)c2)CC1)S(=O)(=O)c1ccc(N2CCN(CC3CCN(c4ccc5c(c4)C(=O)N(C4CCC(=O)NC4=O)C5=O)CC3)CC2)cc1. The number of piperidine rings is 2. The lowest BCUT2D eigenvalue weighted by Crippen LogP contribution is -2.54. The van der Waals surface area contributed by atoms with E-state index in [1.54, 1.807) is 42.5 Å². The number of ether oxygens (including phenoxy) is 1. The summed E-state index contributed by atoms with van der Waals surface area (Å²) in [7, 11) is -3.79. The third kappa shape index (κ3) is 8.31. The molecular weight excluding hydrogens is 794 g/mol. The van der Waals surface area contributed by atoms with Gasteiger partial charge in [-0.3, -0.25) is 34.3 Å². The molecule has 5 aliphatic rings. The van der Waals surface area contributed by atoms with E-state index < -0.39 is 39.7 Å². The van der Waals surface area contributed by atoms with Crippen molar-refractivity contribution in [2.45, 2.75) is 74.4 Å². The normalized spacial score (nSPS) is 23.2. The van der Waals surface area contributed by atoms with Gasteiger partial charge in [0.05, 0.1) is 27.8 Å². The molecule has 4 fully saturated rings. The van der Waals surface area contributed by atoms with Crippen molar-refractivity contribution in [3.63, 3.8) is 0 Å². The minimum absolute atomic E-state index is 0.0756. The van der Waals surface area contributed by atoms with Crippen LogP contribution in [-0.4, -0.2) is 117 Å². The van der Waals surface area contributed by atoms with Gasteiger partial charge in [-0.2, -0.15) is 13.7 Å². The first-order valence-electron chi connectivity index (χ1n) is 20.3. The monoisotopic (exact) mass is 840 g/mol. The third-order valence-corrected chi connectivity index (χ3v) is 14.6. The molecule has 16 heteroatoms. The van der Waals surface area contributed by atoms with Crippen molar-refractivity contribution < 1.29 is 36.3 Å². The molecule has 4 aliphatic heterocycles. The Kier molecular flexibility index (Phi) is 11.5. The number of imide groups is 2. The van der Waals surface area contributed by atoms with Gasteiger partial charge in [0.15, 0.2) is 6.04 Å². The van der Waals surface area contributed by atoms with E-state index in [9.17, 15) is 27.6 Å². The first-order valence-corrected chi connectivity index (χ1v) is 22.1. The van der Waals surface area contributed by atoms with Crippen LogP contribution in [0.25, 0.3) is 0 Å². The van der Waals surface area contributed by atoms with E-state index in [4.69, 9.17) is 21.6 Å². The maximum absolute atomic E-state index is 13.6. The van der Waals surface area contributed by atoms with Crippen LogP contribution in [0.1, 0.15) is 77.6 Å². The molecule has 1 aliphatic carbocycles. The number of hydrogen-bond donors (Lipinski definition) is 1. The average molecular weight is 841 g/mol. The second-order valence-corrected chi connectivity index (χ2v) is 18.4. The molecule has 1 unspecified atom stereocenters. The number of carbonyl (C=O) groups excluding carboxylic acids is 4. The van der Waals surface area contributed by atoms with Crippen LogP contribution in [0, 0.1) is 17.2 Å². The number of amides is 4. The molecule has 3 aromatic carbocycles. The van der Waals surface area contributed by atoms with Crippen molar-refractivity contribution in [2.24, 2.45) is 5.92 Å². The Morgan fingerprint density at radius 2 is 1.46 bits per heavy atom. The molecule has 0 bridgehead atoms. The maximum atomic E-state index is 13.6. The van der Waals surface area contributed by atoms with Gasteiger partial charge in [-0.25, -0.2) is 0 Å². The molecular formula is C43H47ClN7O7S+. The van der Waals surface area contributed by atoms with Crippen molar-refractivity contribution in [3.05, 3.63) is 82.4 Å². The van der Waals surface area contributed by atoms with E-state index in [1.165, 1.54) is 3.98 Å². The first kappa shape index (κ1) is 40.5. The summed E-state index contributed by atoms with van der Waals surface area (Å²) in [6.07, 6.45) is 4.71. The summed E-state index contributed by atoms with van der Waals surface area (Å²) in [6, 6.07) is 18.2. The van der Waals surface area contributed by atoms with Crippen molar-refractivity contribution in [1.82, 2.24) is 15.1 Å². The molecule has 14 nitrogen and oxygen atoms in total. The van der Waals surface area contributed by atoms with Gasteiger partial charge in [0, 0.05) is 82.5 Å². The molecule has 1 atom stereocenters. The number of rotatable bonds is 10. The highest BCUT2D eigenvalue weighted by atomic mass is 35.5. The fraction of sp³-hybridized carbons (Fsp3) is 0.442. The summed E-state index contributed by atoms with van der Waals surface area (Å²) in [5.74, 6) is -0.889. The molecule has 0 aromatic heterocycles. The summed E-state index contributed by atoms with van der Waals surface area (Å²) in [6.45, 7) is 10.1. The molecule has 0 spiro atoms. The number of sulfonamides is 1. The van der Waals surface area contributed by atoms with Crippen molar-refractivity contribution >= 4 is 63.3 Å². The van der Waals surface area contributed by atoms with Crippen LogP contribution in [0.4, 0.5) is 11.4 Å². The summed E-state index contributed by atoms with van der Waals surface area (Å²) in [5, 5.41) is 11.7. The fourth-order valence-corrected chi connectivity index (χ4v) is 10.6. The number of piperazine rings is 1. The van der Waals surface area contributed by atoms with Gasteiger partial charge in [0.2, 0.25) is 11.8 Å². The second-order valence-electron chi connectivity index (χ2n) is 16.1. The number of halogens is 1. The molecule has 3 saturated heterocycles. The highest BCUT2D eigenvalue weighted by molar-refractivity contribution is 7.85. The Bertz CT molecular complexity index is 2330. The molecule has 4 amide bonds. The summed E-state index contributed by atoms with van der Waals surface area (Å²) in [5.41, 5.74) is 2.84. The predicted molar refractivity (Wildman–Crippen MR) is 221 cm³/mol. The van der Waals surface area contributed by atoms with Crippen LogP contribution in [0.15, 0.2) is 65.6 Å². The van der Waals surface area contributed by atoms with Gasteiger partial charge in [0.25, 0.3) is 11.8 Å². The highest BCUT2D eigenvalue weighted by Crippen LogP contribution is 2.34. The van der Waals surface area contributed by atoms with Crippen LogP contribution >= 0.6 is 11.6 Å². The maximum Gasteiger partial charge on any atom is 0.394 e. The molecule has 3 aromatic rings. The number of carbonyl (C=O) groups is 4. The van der Waals surface area contributed by atoms with E-state index in [2.05, 4.69) is 26.7 Å². The van der Waals surface area contributed by atoms with Crippen molar-refractivity contribution in [3.8, 4) is 11.8 Å². The lowest BCUT2D eigenvalue weighted by Gasteiger charge is -2.40. The van der Waals surface area contributed by atoms with Gasteiger partial charge in [0.1, 0.15) is 29.5 Å². The quantitative estimate of drug-likeness (QED) is 0.175. The zero-order valence-corrected chi connectivity index (χ0v) is 34.3. The first-order chi connectivity index (χ1) is 28.4. The van der Waals surface area contributed by atoms with Crippen LogP contribution in [0.3, 0.4) is 0 Å². The zero-order valence-electron chi connectivity index (χ0n) is 32.7. The number of benzene rings is 3. The molecule has 59 heavy (non-hydrogen) atoms. The summed E-state index contributed by atoms with van der Waals surface area (Å²) in [4.78, 5) is 58.8. The minimum atomic E-state index is -3.79. The van der Waals surface area contributed by atoms with Gasteiger partial charge >= 0.3 is 10.0 Å². The zero-order chi connectivity index (χ0) is 41.4. The summed E-state index contributed by atoms with van der Waals surface area (Å²) < 4.78 is 34.5. The molecule has 1 N–H and O–H groups in total. The Labute approximate surface area is 349 Å². The van der Waals surface area contributed by atoms with Crippen molar-refractivity contribution in [2.75, 3.05) is 55.6 Å². The minimum Gasteiger partial charge on any atom is -0.490 e. The van der Waals surface area contributed by atoms with Crippen LogP contribution in [-0.2, 0) is 19.6 Å². The van der Waals surface area contributed by atoms with Crippen LogP contribution in [0.2, 0.25) is 5.02 Å². The van der Waals surface area contributed by atoms with Gasteiger partial charge in [-0.1, -0.05) is 11.6 Å². The van der Waals surface area contributed by atoms with Crippen molar-refractivity contribution in [1.29, 1.82) is 5.26 Å². The topological polar surface area (TPSA) is 163 Å². The third-order valence-electron chi connectivity index (χ3n) is 12.5. The molecule has 4 heterocycles. The van der Waals surface area contributed by atoms with Gasteiger partial charge in [-0.05, 0) is 92.6 Å². The number of nitriles is 1. The molecule has 1 saturated carbocycles. The number of nitrogens with zero attached hydrogens (tertiary/aromatic N) is 6. The van der Waals surface area contributed by atoms with E-state index in [0.29, 0.717) is 53.5 Å². The number of anilines is 2. The smallest absolute Gasteiger partial charge is 0.394 e. The largest absolute Gasteiger partial charge is 0.490 e. The Balaban J connectivity index is 0.779. The highest BCUT2D eigenvalue weighted by Gasteiger charge is 2.45. The number of fused-ring (bicyclic) bond motifs is 1. The van der Waals surface area contributed by atoms with E-state index >= 15 is 0 Å². The fourth-order valence-electron chi connectivity index (χ4n) is 9.05. The van der Waals surface area contributed by atoms with E-state index in [0.717, 1.165) is 74.9 Å². The summed E-state index contributed by atoms with van der Waals surface area (Å²) >= 11 is 6.15. The van der Waals surface area contributed by atoms with Gasteiger partial charge in [-0.15, -0.1) is 3.98 Å². The van der Waals surface area contributed by atoms with E-state index in [1.807, 2.05) is 24.3 Å². The Morgan fingerprint density at radius 1 is 0.797 bits per heavy atom. The average Bonchev–Trinajstić information content (AvgIpc) is 3.49. The Morgan fingerprint density at radius 3 is 2.12 bits per heavy atom.